The maximum Gasteiger partial charge on any atom is 0.119 e. The number of benzene rings is 4. The van der Waals surface area contributed by atoms with Crippen LogP contribution in [-0.2, 0) is 6.42 Å². The highest BCUT2D eigenvalue weighted by Crippen LogP contribution is 2.34. The van der Waals surface area contributed by atoms with Gasteiger partial charge in [0.15, 0.2) is 0 Å². The number of aryl methyl sites for hydroxylation is 1. The van der Waals surface area contributed by atoms with Crippen LogP contribution in [0, 0.1) is 0 Å². The lowest BCUT2D eigenvalue weighted by Crippen LogP contribution is -2.11. The van der Waals surface area contributed by atoms with Gasteiger partial charge in [0.05, 0.1) is 6.10 Å². The molecule has 1 nitrogen and oxygen atoms in total. The Morgan fingerprint density at radius 3 is 1.67 bits per heavy atom. The topological polar surface area (TPSA) is 9.23 Å². The third-order valence-corrected chi connectivity index (χ3v) is 8.57. The first kappa shape index (κ1) is 31.9. The molecule has 222 valence electrons. The first-order chi connectivity index (χ1) is 20.6. The first-order valence-corrected chi connectivity index (χ1v) is 16.7. The number of ether oxygens (including phenoxy) is 1. The number of unbranched alkanes of at least 4 members (excludes halogenated alkanes) is 8. The van der Waals surface area contributed by atoms with Gasteiger partial charge in [-0.25, -0.2) is 0 Å². The molecule has 0 radical (unpaired) electrons. The second-order valence-corrected chi connectivity index (χ2v) is 12.2. The molecule has 0 N–H and O–H groups in total. The van der Waals surface area contributed by atoms with E-state index in [1.165, 1.54) is 92.9 Å². The van der Waals surface area contributed by atoms with Gasteiger partial charge < -0.3 is 4.74 Å². The summed E-state index contributed by atoms with van der Waals surface area (Å²) in [7, 11) is 0. The van der Waals surface area contributed by atoms with Crippen LogP contribution in [-0.4, -0.2) is 6.10 Å². The van der Waals surface area contributed by atoms with Crippen LogP contribution in [0.4, 0.5) is 0 Å². The Morgan fingerprint density at radius 1 is 0.548 bits per heavy atom. The highest BCUT2D eigenvalue weighted by atomic mass is 35.5. The van der Waals surface area contributed by atoms with Crippen LogP contribution in [0.25, 0.3) is 33.4 Å². The van der Waals surface area contributed by atoms with E-state index >= 15 is 0 Å². The van der Waals surface area contributed by atoms with Crippen molar-refractivity contribution in [2.24, 2.45) is 0 Å². The van der Waals surface area contributed by atoms with Gasteiger partial charge in [0.25, 0.3) is 0 Å². The van der Waals surface area contributed by atoms with Gasteiger partial charge in [-0.05, 0) is 84.2 Å². The summed E-state index contributed by atoms with van der Waals surface area (Å²) in [6.07, 6.45) is 15.7. The van der Waals surface area contributed by atoms with Crippen LogP contribution in [0.15, 0.2) is 91.0 Å². The summed E-state index contributed by atoms with van der Waals surface area (Å²) in [6, 6.07) is 32.6. The van der Waals surface area contributed by atoms with Crippen molar-refractivity contribution in [3.05, 3.63) is 102 Å². The first-order valence-electron chi connectivity index (χ1n) is 16.3. The summed E-state index contributed by atoms with van der Waals surface area (Å²) < 4.78 is 6.14. The Morgan fingerprint density at radius 2 is 1.05 bits per heavy atom. The zero-order valence-electron chi connectivity index (χ0n) is 26.0. The van der Waals surface area contributed by atoms with Gasteiger partial charge in [0.2, 0.25) is 0 Å². The zero-order chi connectivity index (χ0) is 29.6. The molecule has 0 aliphatic heterocycles. The van der Waals surface area contributed by atoms with Gasteiger partial charge in [-0.2, -0.15) is 0 Å². The largest absolute Gasteiger partial charge is 0.491 e. The van der Waals surface area contributed by atoms with Crippen LogP contribution in [0.1, 0.15) is 97.0 Å². The predicted molar refractivity (Wildman–Crippen MR) is 184 cm³/mol. The lowest BCUT2D eigenvalue weighted by Gasteiger charge is -2.15. The molecule has 2 heteroatoms. The molecule has 0 aliphatic carbocycles. The summed E-state index contributed by atoms with van der Waals surface area (Å²) in [5.74, 6) is 0.919. The van der Waals surface area contributed by atoms with E-state index < -0.39 is 0 Å². The minimum absolute atomic E-state index is 0.233. The molecule has 0 spiro atoms. The van der Waals surface area contributed by atoms with Gasteiger partial charge in [0.1, 0.15) is 5.75 Å². The lowest BCUT2D eigenvalue weighted by atomic mass is 9.97. The molecule has 0 saturated carbocycles. The second kappa shape index (κ2) is 17.2. The minimum Gasteiger partial charge on any atom is -0.491 e. The fourth-order valence-corrected chi connectivity index (χ4v) is 5.91. The normalized spacial score (nSPS) is 11.9. The number of halogens is 1. The lowest BCUT2D eigenvalue weighted by molar-refractivity contribution is 0.206. The van der Waals surface area contributed by atoms with Crippen molar-refractivity contribution in [3.63, 3.8) is 0 Å². The fraction of sp³-hybridized carbons (Fsp3) is 0.400. The molecule has 4 aromatic rings. The summed E-state index contributed by atoms with van der Waals surface area (Å²) >= 11 is 6.80. The quantitative estimate of drug-likeness (QED) is 0.113. The van der Waals surface area contributed by atoms with Crippen LogP contribution in [0.3, 0.4) is 0 Å². The highest BCUT2D eigenvalue weighted by Gasteiger charge is 2.09. The maximum absolute atomic E-state index is 6.80. The molecule has 0 saturated heterocycles. The van der Waals surface area contributed by atoms with Gasteiger partial charge >= 0.3 is 0 Å². The predicted octanol–water partition coefficient (Wildman–Crippen LogP) is 13.0. The fourth-order valence-electron chi connectivity index (χ4n) is 5.62. The molecular weight excluding hydrogens is 532 g/mol. The van der Waals surface area contributed by atoms with E-state index in [1.807, 2.05) is 0 Å². The van der Waals surface area contributed by atoms with E-state index in [-0.39, 0.29) is 6.10 Å². The van der Waals surface area contributed by atoms with E-state index in [0.717, 1.165) is 33.9 Å². The Balaban J connectivity index is 1.32. The van der Waals surface area contributed by atoms with E-state index in [9.17, 15) is 0 Å². The van der Waals surface area contributed by atoms with Crippen LogP contribution >= 0.6 is 11.6 Å². The molecule has 42 heavy (non-hydrogen) atoms. The molecule has 0 unspecified atom stereocenters. The molecular formula is C40H49ClO. The Bertz CT molecular complexity index is 1320. The third-order valence-electron chi connectivity index (χ3n) is 8.26. The van der Waals surface area contributed by atoms with E-state index in [0.29, 0.717) is 0 Å². The summed E-state index contributed by atoms with van der Waals surface area (Å²) in [4.78, 5) is 0. The van der Waals surface area contributed by atoms with Gasteiger partial charge in [-0.3, -0.25) is 0 Å². The average molecular weight is 581 g/mol. The van der Waals surface area contributed by atoms with Crippen LogP contribution in [0.5, 0.6) is 5.75 Å². The van der Waals surface area contributed by atoms with E-state index in [2.05, 4.69) is 112 Å². The SMILES string of the molecule is CCCCCCCCc1ccc(-c2ccc(-c3ccc(-c4ccc(O[C@H](C)CCCCCC)cc4)c(Cl)c3)cc2)cc1. The third kappa shape index (κ3) is 9.77. The Kier molecular flexibility index (Phi) is 13.0. The highest BCUT2D eigenvalue weighted by molar-refractivity contribution is 6.33. The van der Waals surface area contributed by atoms with Crippen molar-refractivity contribution in [3.8, 4) is 39.1 Å². The average Bonchev–Trinajstić information content (AvgIpc) is 3.02. The second-order valence-electron chi connectivity index (χ2n) is 11.8. The van der Waals surface area contributed by atoms with Gasteiger partial charge in [0, 0.05) is 10.6 Å². The van der Waals surface area contributed by atoms with Crippen molar-refractivity contribution in [2.75, 3.05) is 0 Å². The summed E-state index contributed by atoms with van der Waals surface area (Å²) in [5, 5.41) is 0.760. The minimum atomic E-state index is 0.233. The smallest absolute Gasteiger partial charge is 0.119 e. The maximum atomic E-state index is 6.80. The monoisotopic (exact) mass is 580 g/mol. The van der Waals surface area contributed by atoms with Crippen molar-refractivity contribution in [2.45, 2.75) is 104 Å². The van der Waals surface area contributed by atoms with Crippen molar-refractivity contribution in [1.29, 1.82) is 0 Å². The summed E-state index contributed by atoms with van der Waals surface area (Å²) in [6.45, 7) is 6.68. The Hall–Kier alpha value is -3.03. The number of hydrogen-bond acceptors (Lipinski definition) is 1. The van der Waals surface area contributed by atoms with Crippen molar-refractivity contribution < 1.29 is 4.74 Å². The van der Waals surface area contributed by atoms with Crippen LogP contribution in [0.2, 0.25) is 5.02 Å². The van der Waals surface area contributed by atoms with Gasteiger partial charge in [-0.15, -0.1) is 0 Å². The molecule has 0 aliphatic rings. The van der Waals surface area contributed by atoms with E-state index in [1.54, 1.807) is 0 Å². The molecule has 0 bridgehead atoms. The number of rotatable bonds is 17. The molecule has 4 aromatic carbocycles. The molecule has 0 heterocycles. The van der Waals surface area contributed by atoms with Crippen molar-refractivity contribution in [1.82, 2.24) is 0 Å². The molecule has 0 aromatic heterocycles. The van der Waals surface area contributed by atoms with Crippen molar-refractivity contribution >= 4 is 11.6 Å². The zero-order valence-corrected chi connectivity index (χ0v) is 26.8. The molecule has 0 fully saturated rings. The van der Waals surface area contributed by atoms with E-state index in [4.69, 9.17) is 16.3 Å². The Labute approximate surface area is 260 Å². The standard InChI is InChI=1S/C40H49ClO/c1-4-6-8-10-11-13-15-32-16-18-33(19-17-32)34-20-22-35(23-21-34)37-26-29-39(40(41)30-37)36-24-27-38(28-25-36)42-31(3)14-12-9-7-5-2/h16-31H,4-15H2,1-3H3/t31-/m1/s1. The molecule has 4 rings (SSSR count). The van der Waals surface area contributed by atoms with Gasteiger partial charge in [-0.1, -0.05) is 150 Å². The summed E-state index contributed by atoms with van der Waals surface area (Å²) in [5.41, 5.74) is 8.38. The van der Waals surface area contributed by atoms with Crippen LogP contribution < -0.4 is 4.74 Å². The molecule has 0 amide bonds. The molecule has 1 atom stereocenters. The number of hydrogen-bond donors (Lipinski definition) is 0.